The second-order valence-corrected chi connectivity index (χ2v) is 13.3. The van der Waals surface area contributed by atoms with Crippen LogP contribution in [0.2, 0.25) is 0 Å². The zero-order valence-electron chi connectivity index (χ0n) is 21.7. The molecule has 0 radical (unpaired) electrons. The topological polar surface area (TPSA) is 55.2 Å². The second kappa shape index (κ2) is 11.4. The molecule has 6 rings (SSSR count). The Bertz CT molecular complexity index is 1760. The highest BCUT2D eigenvalue weighted by atomic mass is 32.2. The molecule has 1 saturated carbocycles. The standard InChI is InChI=1S/C32H27F2N3OS2/c33-25-16-14-22(15-17-25)32-36-30(23-8-7-9-26(34)20-23)31(39-32)24-18-19-35-29(21-24)37-40(38,27-10-3-1-4-11-27)28-12-5-2-6-13-28/h1,3-4,7-11,14-21,28H,2,5-6,12-13H2. The molecule has 1 atom stereocenters. The summed E-state index contributed by atoms with van der Waals surface area (Å²) < 4.78 is 47.3. The summed E-state index contributed by atoms with van der Waals surface area (Å²) in [7, 11) is -2.77. The molecule has 202 valence electrons. The third-order valence-electron chi connectivity index (χ3n) is 7.14. The third-order valence-corrected chi connectivity index (χ3v) is 11.1. The number of halogens is 2. The van der Waals surface area contributed by atoms with E-state index in [-0.39, 0.29) is 16.9 Å². The van der Waals surface area contributed by atoms with E-state index in [1.807, 2.05) is 48.5 Å². The van der Waals surface area contributed by atoms with Gasteiger partial charge in [0.25, 0.3) is 0 Å². The molecule has 8 heteroatoms. The van der Waals surface area contributed by atoms with Crippen LogP contribution in [0.4, 0.5) is 14.6 Å². The van der Waals surface area contributed by atoms with Gasteiger partial charge in [-0.1, -0.05) is 49.6 Å². The molecule has 3 aromatic carbocycles. The molecule has 1 unspecified atom stereocenters. The van der Waals surface area contributed by atoms with Gasteiger partial charge in [0.1, 0.15) is 16.6 Å². The van der Waals surface area contributed by atoms with Crippen molar-refractivity contribution in [2.24, 2.45) is 4.36 Å². The molecule has 0 saturated heterocycles. The van der Waals surface area contributed by atoms with E-state index in [2.05, 4.69) is 4.98 Å². The van der Waals surface area contributed by atoms with Crippen molar-refractivity contribution in [2.75, 3.05) is 0 Å². The van der Waals surface area contributed by atoms with Crippen molar-refractivity contribution in [3.63, 3.8) is 0 Å². The average molecular weight is 572 g/mol. The highest BCUT2D eigenvalue weighted by molar-refractivity contribution is 7.94. The molecular formula is C32H27F2N3OS2. The Balaban J connectivity index is 1.49. The van der Waals surface area contributed by atoms with Crippen LogP contribution < -0.4 is 0 Å². The van der Waals surface area contributed by atoms with Crippen LogP contribution in [0.1, 0.15) is 32.1 Å². The number of rotatable bonds is 6. The number of thiazole rings is 1. The number of benzene rings is 3. The van der Waals surface area contributed by atoms with Crippen molar-refractivity contribution in [3.8, 4) is 32.3 Å². The van der Waals surface area contributed by atoms with E-state index in [9.17, 15) is 13.0 Å². The van der Waals surface area contributed by atoms with Crippen LogP contribution >= 0.6 is 11.3 Å². The Labute approximate surface area is 237 Å². The SMILES string of the molecule is O=S(=Nc1cc(-c2sc(-c3ccc(F)cc3)nc2-c2cccc(F)c2)ccn1)(c1ccccc1)C1CCCCC1. The monoisotopic (exact) mass is 571 g/mol. The molecule has 0 N–H and O–H groups in total. The molecule has 2 aromatic heterocycles. The van der Waals surface area contributed by atoms with Crippen molar-refractivity contribution >= 4 is 26.9 Å². The summed E-state index contributed by atoms with van der Waals surface area (Å²) in [5.74, 6) is -0.301. The highest BCUT2D eigenvalue weighted by Gasteiger charge is 2.28. The molecule has 0 amide bonds. The van der Waals surface area contributed by atoms with Gasteiger partial charge in [0.15, 0.2) is 5.82 Å². The summed E-state index contributed by atoms with van der Waals surface area (Å²) in [5.41, 5.74) is 2.79. The minimum atomic E-state index is -2.77. The van der Waals surface area contributed by atoms with Crippen LogP contribution in [-0.2, 0) is 9.73 Å². The first-order chi connectivity index (χ1) is 19.5. The van der Waals surface area contributed by atoms with Crippen LogP contribution in [-0.4, -0.2) is 19.4 Å². The van der Waals surface area contributed by atoms with E-state index < -0.39 is 9.73 Å². The van der Waals surface area contributed by atoms with Crippen molar-refractivity contribution in [3.05, 3.63) is 109 Å². The minimum Gasteiger partial charge on any atom is -0.244 e. The molecule has 4 nitrogen and oxygen atoms in total. The Hall–Kier alpha value is -3.75. The Morgan fingerprint density at radius 3 is 2.30 bits per heavy atom. The van der Waals surface area contributed by atoms with Gasteiger partial charge in [0.05, 0.1) is 20.3 Å². The van der Waals surface area contributed by atoms with Gasteiger partial charge in [-0.3, -0.25) is 0 Å². The minimum absolute atomic E-state index is 0.0366. The summed E-state index contributed by atoms with van der Waals surface area (Å²) in [5, 5.41) is 0.644. The van der Waals surface area contributed by atoms with Gasteiger partial charge in [0.2, 0.25) is 0 Å². The quantitative estimate of drug-likeness (QED) is 0.204. The highest BCUT2D eigenvalue weighted by Crippen LogP contribution is 2.42. The smallest absolute Gasteiger partial charge is 0.162 e. The molecular weight excluding hydrogens is 545 g/mol. The zero-order chi connectivity index (χ0) is 27.5. The molecule has 0 spiro atoms. The third kappa shape index (κ3) is 5.46. The Morgan fingerprint density at radius 1 is 0.775 bits per heavy atom. The van der Waals surface area contributed by atoms with Gasteiger partial charge >= 0.3 is 0 Å². The summed E-state index contributed by atoms with van der Waals surface area (Å²) in [6.07, 6.45) is 6.64. The van der Waals surface area contributed by atoms with E-state index in [0.717, 1.165) is 53.0 Å². The number of aromatic nitrogens is 2. The lowest BCUT2D eigenvalue weighted by atomic mass is 10.0. The number of hydrogen-bond acceptors (Lipinski definition) is 5. The Kier molecular flexibility index (Phi) is 7.54. The van der Waals surface area contributed by atoms with Crippen LogP contribution in [0, 0.1) is 11.6 Å². The van der Waals surface area contributed by atoms with Crippen molar-refractivity contribution in [2.45, 2.75) is 42.2 Å². The largest absolute Gasteiger partial charge is 0.244 e. The molecule has 1 aliphatic rings. The average Bonchev–Trinajstić information content (AvgIpc) is 3.44. The fourth-order valence-corrected chi connectivity index (χ4v) is 8.76. The number of hydrogen-bond donors (Lipinski definition) is 0. The lowest BCUT2D eigenvalue weighted by Gasteiger charge is -2.25. The van der Waals surface area contributed by atoms with E-state index in [1.54, 1.807) is 24.4 Å². The first-order valence-corrected chi connectivity index (χ1v) is 15.7. The molecule has 2 heterocycles. The van der Waals surface area contributed by atoms with Crippen molar-refractivity contribution in [1.82, 2.24) is 9.97 Å². The van der Waals surface area contributed by atoms with Crippen LogP contribution in [0.15, 0.2) is 106 Å². The maximum absolute atomic E-state index is 14.6. The predicted molar refractivity (Wildman–Crippen MR) is 158 cm³/mol. The molecule has 0 bridgehead atoms. The van der Waals surface area contributed by atoms with Gasteiger partial charge in [-0.25, -0.2) is 23.0 Å². The normalized spacial score (nSPS) is 15.4. The van der Waals surface area contributed by atoms with Crippen LogP contribution in [0.25, 0.3) is 32.3 Å². The second-order valence-electron chi connectivity index (χ2n) is 9.85. The summed E-state index contributed by atoms with van der Waals surface area (Å²) in [6, 6.07) is 25.6. The van der Waals surface area contributed by atoms with Gasteiger partial charge in [-0.15, -0.1) is 11.3 Å². The van der Waals surface area contributed by atoms with Gasteiger partial charge in [-0.05, 0) is 79.1 Å². The summed E-state index contributed by atoms with van der Waals surface area (Å²) >= 11 is 1.43. The van der Waals surface area contributed by atoms with Crippen molar-refractivity contribution in [1.29, 1.82) is 0 Å². The summed E-state index contributed by atoms with van der Waals surface area (Å²) in [4.78, 5) is 10.9. The van der Waals surface area contributed by atoms with E-state index in [4.69, 9.17) is 9.35 Å². The lowest BCUT2D eigenvalue weighted by molar-refractivity contribution is 0.502. The van der Waals surface area contributed by atoms with E-state index in [0.29, 0.717) is 22.1 Å². The first kappa shape index (κ1) is 26.5. The molecule has 1 aliphatic carbocycles. The maximum atomic E-state index is 14.6. The van der Waals surface area contributed by atoms with E-state index >= 15 is 0 Å². The van der Waals surface area contributed by atoms with Crippen LogP contribution in [0.5, 0.6) is 0 Å². The summed E-state index contributed by atoms with van der Waals surface area (Å²) in [6.45, 7) is 0. The molecule has 5 aromatic rings. The van der Waals surface area contributed by atoms with Gasteiger partial charge in [-0.2, -0.15) is 4.36 Å². The lowest BCUT2D eigenvalue weighted by Crippen LogP contribution is -2.23. The van der Waals surface area contributed by atoms with Gasteiger partial charge in [0, 0.05) is 27.5 Å². The van der Waals surface area contributed by atoms with E-state index in [1.165, 1.54) is 35.6 Å². The molecule has 40 heavy (non-hydrogen) atoms. The first-order valence-electron chi connectivity index (χ1n) is 13.3. The maximum Gasteiger partial charge on any atom is 0.162 e. The van der Waals surface area contributed by atoms with Gasteiger partial charge < -0.3 is 0 Å². The Morgan fingerprint density at radius 2 is 1.55 bits per heavy atom. The fourth-order valence-electron chi connectivity index (χ4n) is 5.13. The molecule has 1 fully saturated rings. The fraction of sp³-hybridized carbons (Fsp3) is 0.188. The zero-order valence-corrected chi connectivity index (χ0v) is 23.3. The van der Waals surface area contributed by atoms with Crippen molar-refractivity contribution < 1.29 is 13.0 Å². The predicted octanol–water partition coefficient (Wildman–Crippen LogP) is 9.31. The molecule has 0 aliphatic heterocycles. The van der Waals surface area contributed by atoms with Crippen LogP contribution in [0.3, 0.4) is 0 Å². The number of nitrogens with zero attached hydrogens (tertiary/aromatic N) is 3. The number of pyridine rings is 1.